The van der Waals surface area contributed by atoms with E-state index in [1.165, 1.54) is 10.9 Å². The van der Waals surface area contributed by atoms with Gasteiger partial charge in [-0.25, -0.2) is 9.97 Å². The highest BCUT2D eigenvalue weighted by Gasteiger charge is 2.00. The summed E-state index contributed by atoms with van der Waals surface area (Å²) >= 11 is 0. The molecule has 76 valence electrons. The van der Waals surface area contributed by atoms with Crippen LogP contribution < -0.4 is 10.9 Å². The molecule has 0 saturated carbocycles. The van der Waals surface area contributed by atoms with E-state index in [1.54, 1.807) is 37.6 Å². The molecule has 5 nitrogen and oxygen atoms in total. The lowest BCUT2D eigenvalue weighted by molar-refractivity contribution is 0.863. The molecule has 0 bridgehead atoms. The molecule has 1 N–H and O–H groups in total. The van der Waals surface area contributed by atoms with Gasteiger partial charge in [0.25, 0.3) is 5.56 Å². The fraction of sp³-hybridized carbons (Fsp3) is 0.100. The van der Waals surface area contributed by atoms with Crippen LogP contribution in [0.5, 0.6) is 0 Å². The summed E-state index contributed by atoms with van der Waals surface area (Å²) < 4.78 is 1.50. The highest BCUT2D eigenvalue weighted by Crippen LogP contribution is 2.07. The zero-order valence-corrected chi connectivity index (χ0v) is 8.21. The van der Waals surface area contributed by atoms with Crippen LogP contribution in [-0.2, 0) is 7.05 Å². The Labute approximate surface area is 86.4 Å². The third-order valence-electron chi connectivity index (χ3n) is 1.97. The molecule has 0 aliphatic heterocycles. The van der Waals surface area contributed by atoms with Crippen molar-refractivity contribution < 1.29 is 0 Å². The van der Waals surface area contributed by atoms with Gasteiger partial charge in [-0.3, -0.25) is 4.79 Å². The van der Waals surface area contributed by atoms with Crippen LogP contribution in [-0.4, -0.2) is 14.5 Å². The Bertz CT molecular complexity index is 506. The Morgan fingerprint density at radius 2 is 2.27 bits per heavy atom. The SMILES string of the molecule is Cn1cccc(Nc2ccncn2)c1=O. The lowest BCUT2D eigenvalue weighted by Crippen LogP contribution is -2.18. The number of aryl methyl sites for hydroxylation is 1. The van der Waals surface area contributed by atoms with E-state index in [-0.39, 0.29) is 5.56 Å². The van der Waals surface area contributed by atoms with Gasteiger partial charge in [0.05, 0.1) is 0 Å². The Kier molecular flexibility index (Phi) is 2.45. The monoisotopic (exact) mass is 202 g/mol. The molecule has 0 saturated heterocycles. The second-order valence-electron chi connectivity index (χ2n) is 3.06. The topological polar surface area (TPSA) is 59.8 Å². The second kappa shape index (κ2) is 3.91. The van der Waals surface area contributed by atoms with Crippen LogP contribution in [0.3, 0.4) is 0 Å². The average molecular weight is 202 g/mol. The predicted molar refractivity (Wildman–Crippen MR) is 57.0 cm³/mol. The first-order valence-corrected chi connectivity index (χ1v) is 4.46. The fourth-order valence-corrected chi connectivity index (χ4v) is 1.20. The highest BCUT2D eigenvalue weighted by atomic mass is 16.1. The third-order valence-corrected chi connectivity index (χ3v) is 1.97. The smallest absolute Gasteiger partial charge is 0.274 e. The zero-order valence-electron chi connectivity index (χ0n) is 8.21. The van der Waals surface area contributed by atoms with Crippen molar-refractivity contribution in [3.8, 4) is 0 Å². The molecule has 0 fully saturated rings. The Balaban J connectivity index is 2.33. The molecule has 2 aromatic rings. The molecule has 2 aromatic heterocycles. The molecule has 5 heteroatoms. The van der Waals surface area contributed by atoms with Crippen LogP contribution >= 0.6 is 0 Å². The van der Waals surface area contributed by atoms with E-state index in [1.807, 2.05) is 0 Å². The van der Waals surface area contributed by atoms with Crippen LogP contribution in [0, 0.1) is 0 Å². The maximum atomic E-state index is 11.6. The van der Waals surface area contributed by atoms with Crippen LogP contribution in [0.2, 0.25) is 0 Å². The summed E-state index contributed by atoms with van der Waals surface area (Å²) in [6.45, 7) is 0. The van der Waals surface area contributed by atoms with Crippen LogP contribution in [0.1, 0.15) is 0 Å². The largest absolute Gasteiger partial charge is 0.336 e. The maximum Gasteiger partial charge on any atom is 0.274 e. The summed E-state index contributed by atoms with van der Waals surface area (Å²) in [5.74, 6) is 0.605. The van der Waals surface area contributed by atoms with E-state index in [4.69, 9.17) is 0 Å². The number of hydrogen-bond acceptors (Lipinski definition) is 4. The van der Waals surface area contributed by atoms with Crippen molar-refractivity contribution in [1.29, 1.82) is 0 Å². The Hall–Kier alpha value is -2.17. The Morgan fingerprint density at radius 3 is 3.00 bits per heavy atom. The molecule has 0 amide bonds. The number of nitrogens with one attached hydrogen (secondary N) is 1. The van der Waals surface area contributed by atoms with Crippen LogP contribution in [0.25, 0.3) is 0 Å². The zero-order chi connectivity index (χ0) is 10.7. The van der Waals surface area contributed by atoms with Crippen LogP contribution in [0.4, 0.5) is 11.5 Å². The highest BCUT2D eigenvalue weighted by molar-refractivity contribution is 5.53. The predicted octanol–water partition coefficient (Wildman–Crippen LogP) is 0.919. The van der Waals surface area contributed by atoms with Crippen molar-refractivity contribution in [1.82, 2.24) is 14.5 Å². The molecular formula is C10H10N4O. The number of rotatable bonds is 2. The van der Waals surface area contributed by atoms with E-state index in [0.29, 0.717) is 11.5 Å². The number of pyridine rings is 1. The quantitative estimate of drug-likeness (QED) is 0.786. The summed E-state index contributed by atoms with van der Waals surface area (Å²) in [5, 5.41) is 2.93. The third kappa shape index (κ3) is 2.01. The van der Waals surface area contributed by atoms with E-state index < -0.39 is 0 Å². The number of anilines is 2. The van der Waals surface area contributed by atoms with Gasteiger partial charge in [-0.05, 0) is 18.2 Å². The van der Waals surface area contributed by atoms with Gasteiger partial charge >= 0.3 is 0 Å². The molecular weight excluding hydrogens is 192 g/mol. The average Bonchev–Trinajstić information content (AvgIpc) is 2.26. The van der Waals surface area contributed by atoms with Gasteiger partial charge in [0.2, 0.25) is 0 Å². The molecule has 15 heavy (non-hydrogen) atoms. The van der Waals surface area contributed by atoms with Gasteiger partial charge in [-0.15, -0.1) is 0 Å². The first-order valence-electron chi connectivity index (χ1n) is 4.46. The summed E-state index contributed by atoms with van der Waals surface area (Å²) in [4.78, 5) is 19.4. The maximum absolute atomic E-state index is 11.6. The van der Waals surface area contributed by atoms with E-state index in [9.17, 15) is 4.79 Å². The number of aromatic nitrogens is 3. The number of nitrogens with zero attached hydrogens (tertiary/aromatic N) is 3. The number of hydrogen-bond donors (Lipinski definition) is 1. The van der Waals surface area contributed by atoms with Crippen molar-refractivity contribution in [2.75, 3.05) is 5.32 Å². The van der Waals surface area contributed by atoms with E-state index in [2.05, 4.69) is 15.3 Å². The summed E-state index contributed by atoms with van der Waals surface area (Å²) in [7, 11) is 1.70. The first-order chi connectivity index (χ1) is 7.27. The minimum atomic E-state index is -0.0869. The molecule has 0 atom stereocenters. The minimum absolute atomic E-state index is 0.0869. The van der Waals surface area contributed by atoms with Gasteiger partial charge in [0, 0.05) is 19.4 Å². The molecule has 2 rings (SSSR count). The molecule has 0 unspecified atom stereocenters. The van der Waals surface area contributed by atoms with Gasteiger partial charge in [-0.1, -0.05) is 0 Å². The van der Waals surface area contributed by atoms with Gasteiger partial charge in [0.15, 0.2) is 0 Å². The summed E-state index contributed by atoms with van der Waals surface area (Å²) in [6, 6.07) is 5.21. The molecule has 0 spiro atoms. The van der Waals surface area contributed by atoms with Crippen molar-refractivity contribution in [2.45, 2.75) is 0 Å². The van der Waals surface area contributed by atoms with Crippen molar-refractivity contribution in [3.05, 3.63) is 47.3 Å². The summed E-state index contributed by atoms with van der Waals surface area (Å²) in [6.07, 6.45) is 4.74. The van der Waals surface area contributed by atoms with Crippen molar-refractivity contribution in [3.63, 3.8) is 0 Å². The standard InChI is InChI=1S/C10H10N4O/c1-14-6-2-3-8(10(14)15)13-9-4-5-11-7-12-9/h2-7H,1H3,(H,11,12,13). The van der Waals surface area contributed by atoms with Crippen molar-refractivity contribution >= 4 is 11.5 Å². The van der Waals surface area contributed by atoms with E-state index in [0.717, 1.165) is 0 Å². The lowest BCUT2D eigenvalue weighted by Gasteiger charge is -2.05. The van der Waals surface area contributed by atoms with Gasteiger partial charge < -0.3 is 9.88 Å². The second-order valence-corrected chi connectivity index (χ2v) is 3.06. The lowest BCUT2D eigenvalue weighted by atomic mass is 10.4. The van der Waals surface area contributed by atoms with Crippen molar-refractivity contribution in [2.24, 2.45) is 7.05 Å². The Morgan fingerprint density at radius 1 is 1.40 bits per heavy atom. The van der Waals surface area contributed by atoms with Crippen LogP contribution in [0.15, 0.2) is 41.7 Å². The normalized spacial score (nSPS) is 9.93. The summed E-state index contributed by atoms with van der Waals surface area (Å²) in [5.41, 5.74) is 0.412. The van der Waals surface area contributed by atoms with E-state index >= 15 is 0 Å². The molecule has 0 aliphatic carbocycles. The molecule has 0 aliphatic rings. The first kappa shape index (κ1) is 9.39. The van der Waals surface area contributed by atoms with Gasteiger partial charge in [0.1, 0.15) is 17.8 Å². The van der Waals surface area contributed by atoms with Gasteiger partial charge in [-0.2, -0.15) is 0 Å². The minimum Gasteiger partial charge on any atom is -0.336 e. The molecule has 2 heterocycles. The molecule has 0 radical (unpaired) electrons. The molecule has 0 aromatic carbocycles. The fourth-order valence-electron chi connectivity index (χ4n) is 1.20.